The van der Waals surface area contributed by atoms with E-state index in [9.17, 15) is 5.48 Å². The Kier molecular flexibility index (Phi) is 13.2. The molecule has 0 saturated carbocycles. The van der Waals surface area contributed by atoms with Crippen molar-refractivity contribution in [2.24, 2.45) is 6.98 Å². The first kappa shape index (κ1) is 51.5. The molecule has 94 heavy (non-hydrogen) atoms. The van der Waals surface area contributed by atoms with E-state index in [0.29, 0.717) is 49.9 Å². The van der Waals surface area contributed by atoms with Gasteiger partial charge >= 0.3 is 0 Å². The van der Waals surface area contributed by atoms with E-state index in [1.165, 1.54) is 21.3 Å². The number of ether oxygens (including phenoxy) is 1. The Hall–Kier alpha value is -10.0. The van der Waals surface area contributed by atoms with Crippen LogP contribution in [0.15, 0.2) is 261 Å². The van der Waals surface area contributed by atoms with E-state index < -0.39 is 25.1 Å². The van der Waals surface area contributed by atoms with E-state index in [1.807, 2.05) is 103 Å². The van der Waals surface area contributed by atoms with Gasteiger partial charge in [0.2, 0.25) is 5.95 Å². The first-order chi connectivity index (χ1) is 48.7. The number of benzene rings is 12. The maximum atomic E-state index is 10.5. The molecule has 0 radical (unpaired) electrons. The standard InChI is InChI=1S/C87H74N5O.Pt/c1-85(2,3)80-78(60-38-22-14-23-39-60)83(79(61-40-24-15-25-41-61)81(86(4,5)6)82(80)87(7,8)9)91-56-90(74-46-30-31-47-75(74)91)64-50-63(77-69(58-34-18-12-19-35-58)52-62(57-32-16-11-17-33-57)53-70(77)59-36-20-13-21-37-59)51-66(54-64)93-65-48-49-68-67-42-26-28-44-72(67)92(76(68)55-65)84-88-71-43-27-29-45-73(71)89(84)10;/h11-53,56H,1-10H3;/q-3;/i10D3,26D,28D,42D,44D,52D,53D;. The number of aryl methyl sites for hydroxylation is 1. The maximum absolute atomic E-state index is 10.5. The van der Waals surface area contributed by atoms with Crippen molar-refractivity contribution in [3.8, 4) is 84.2 Å². The predicted molar refractivity (Wildman–Crippen MR) is 389 cm³/mol. The third-order valence-corrected chi connectivity index (χ3v) is 17.5. The number of hydrogen-bond donors (Lipinski definition) is 0. The monoisotopic (exact) mass is 1410 g/mol. The molecule has 0 bridgehead atoms. The summed E-state index contributed by atoms with van der Waals surface area (Å²) in [5, 5.41) is 0.497. The van der Waals surface area contributed by atoms with Crippen LogP contribution >= 0.6 is 0 Å². The van der Waals surface area contributed by atoms with Gasteiger partial charge in [0.1, 0.15) is 0 Å². The molecule has 7 heteroatoms. The largest absolute Gasteiger partial charge is 0.509 e. The number of rotatable bonds is 11. The van der Waals surface area contributed by atoms with Gasteiger partial charge in [-0.3, -0.25) is 0 Å². The Morgan fingerprint density at radius 1 is 0.447 bits per heavy atom. The minimum absolute atomic E-state index is 0. The van der Waals surface area contributed by atoms with Gasteiger partial charge in [-0.2, -0.15) is 6.07 Å². The zero-order chi connectivity index (χ0) is 71.6. The first-order valence-corrected chi connectivity index (χ1v) is 31.6. The van der Waals surface area contributed by atoms with Gasteiger partial charge in [0.05, 0.1) is 19.3 Å². The number of fused-ring (bicyclic) bond motifs is 5. The topological polar surface area (TPSA) is 38.5 Å². The van der Waals surface area contributed by atoms with E-state index >= 15 is 0 Å². The SMILES string of the molecule is [2H]c1c(-c2ccccc2)c([2H])c(-c2ccccc2)c(-c2cc(Oc3[c-]c4c(cc3)c3c([2H])c([2H])c([2H])c([2H])c3n4-c3nc4ccccc4n3C([2H])([2H])[2H])[c-]c(N3[CH-]N(c4c(-c5ccccc5)c(C(C)(C)C)c(C(C)(C)C)c(C(C)(C)C)c4-c4ccccc4)c4ccccc43)c2)c1-c1ccccc1.[Pt]. The van der Waals surface area contributed by atoms with Crippen LogP contribution in [0, 0.1) is 18.8 Å². The molecule has 0 spiro atoms. The van der Waals surface area contributed by atoms with Gasteiger partial charge < -0.3 is 23.7 Å². The fourth-order valence-electron chi connectivity index (χ4n) is 13.7. The summed E-state index contributed by atoms with van der Waals surface area (Å²) in [6, 6.07) is 79.3. The van der Waals surface area contributed by atoms with Gasteiger partial charge in [0, 0.05) is 77.4 Å². The van der Waals surface area contributed by atoms with E-state index in [0.717, 1.165) is 60.6 Å². The molecule has 0 unspecified atom stereocenters. The van der Waals surface area contributed by atoms with E-state index in [1.54, 1.807) is 36.4 Å². The summed E-state index contributed by atoms with van der Waals surface area (Å²) in [5.74, 6) is 0.211. The van der Waals surface area contributed by atoms with Crippen LogP contribution in [0.3, 0.4) is 0 Å². The molecule has 14 aromatic rings. The summed E-state index contributed by atoms with van der Waals surface area (Å²) in [4.78, 5) is 9.39. The maximum Gasteiger partial charge on any atom is 0.213 e. The molecule has 0 amide bonds. The molecule has 466 valence electrons. The summed E-state index contributed by atoms with van der Waals surface area (Å²) in [6.45, 7) is 20.3. The normalized spacial score (nSPS) is 14.1. The third kappa shape index (κ3) is 10.9. The van der Waals surface area contributed by atoms with Crippen molar-refractivity contribution in [3.05, 3.63) is 296 Å². The molecule has 0 N–H and O–H groups in total. The average Bonchev–Trinajstić information content (AvgIpc) is 1.65. The van der Waals surface area contributed by atoms with Crippen LogP contribution < -0.4 is 14.5 Å². The number of anilines is 4. The zero-order valence-corrected chi connectivity index (χ0v) is 56.2. The minimum Gasteiger partial charge on any atom is -0.509 e. The second-order valence-electron chi connectivity index (χ2n) is 27.0. The Labute approximate surface area is 580 Å². The van der Waals surface area contributed by atoms with Crippen LogP contribution in [0.25, 0.3) is 106 Å². The van der Waals surface area contributed by atoms with Gasteiger partial charge in [0.25, 0.3) is 0 Å². The molecule has 0 saturated heterocycles. The molecule has 6 nitrogen and oxygen atoms in total. The van der Waals surface area contributed by atoms with Crippen LogP contribution in [0.2, 0.25) is 0 Å². The van der Waals surface area contributed by atoms with Crippen LogP contribution in [0.4, 0.5) is 22.7 Å². The summed E-state index contributed by atoms with van der Waals surface area (Å²) >= 11 is 0. The van der Waals surface area contributed by atoms with Crippen LogP contribution in [-0.4, -0.2) is 14.1 Å². The van der Waals surface area contributed by atoms with Crippen molar-refractivity contribution in [1.29, 1.82) is 0 Å². The molecule has 0 fully saturated rings. The molecule has 0 atom stereocenters. The van der Waals surface area contributed by atoms with Crippen molar-refractivity contribution < 1.29 is 38.1 Å². The molecular formula is C87H74N5OPt-3. The molecule has 15 rings (SSSR count). The Bertz CT molecular complexity index is 5500. The zero-order valence-electron chi connectivity index (χ0n) is 62.9. The summed E-state index contributed by atoms with van der Waals surface area (Å²) in [5.41, 5.74) is 16.1. The van der Waals surface area contributed by atoms with Crippen LogP contribution in [0.1, 0.15) is 91.3 Å². The molecular weight excluding hydrogens is 1330 g/mol. The summed E-state index contributed by atoms with van der Waals surface area (Å²) in [7, 11) is 0. The van der Waals surface area contributed by atoms with Gasteiger partial charge in [-0.15, -0.1) is 53.6 Å². The third-order valence-electron chi connectivity index (χ3n) is 17.5. The van der Waals surface area contributed by atoms with E-state index in [4.69, 9.17) is 16.6 Å². The second kappa shape index (κ2) is 24.2. The number of imidazole rings is 1. The number of para-hydroxylation sites is 5. The summed E-state index contributed by atoms with van der Waals surface area (Å²) in [6.07, 6.45) is 0. The smallest absolute Gasteiger partial charge is 0.213 e. The Morgan fingerprint density at radius 2 is 0.947 bits per heavy atom. The van der Waals surface area contributed by atoms with Gasteiger partial charge in [0.15, 0.2) is 0 Å². The van der Waals surface area contributed by atoms with Crippen molar-refractivity contribution in [2.75, 3.05) is 9.80 Å². The fraction of sp³-hybridized carbons (Fsp3) is 0.149. The number of hydrogen-bond acceptors (Lipinski definition) is 4. The van der Waals surface area contributed by atoms with E-state index in [2.05, 4.69) is 176 Å². The number of nitrogens with zero attached hydrogens (tertiary/aromatic N) is 5. The summed E-state index contributed by atoms with van der Waals surface area (Å²) < 4.78 is 94.3. The molecule has 12 aromatic carbocycles. The van der Waals surface area contributed by atoms with Crippen LogP contribution in [-0.2, 0) is 44.3 Å². The predicted octanol–water partition coefficient (Wildman–Crippen LogP) is 23.4. The second-order valence-corrected chi connectivity index (χ2v) is 27.0. The molecule has 2 aromatic heterocycles. The van der Waals surface area contributed by atoms with Gasteiger partial charge in [-0.1, -0.05) is 262 Å². The fourth-order valence-corrected chi connectivity index (χ4v) is 13.7. The average molecular weight is 1410 g/mol. The molecule has 1 aliphatic rings. The Morgan fingerprint density at radius 3 is 1.50 bits per heavy atom. The quantitative estimate of drug-likeness (QED) is 0.121. The van der Waals surface area contributed by atoms with E-state index in [-0.39, 0.29) is 89.3 Å². The first-order valence-electron chi connectivity index (χ1n) is 36.1. The Balaban J connectivity index is 0.00000897. The van der Waals surface area contributed by atoms with Crippen molar-refractivity contribution in [1.82, 2.24) is 14.1 Å². The number of aromatic nitrogens is 3. The van der Waals surface area contributed by atoms with Crippen molar-refractivity contribution >= 4 is 55.6 Å². The molecule has 1 aliphatic heterocycles. The molecule has 0 aliphatic carbocycles. The minimum atomic E-state index is -2.81. The van der Waals surface area contributed by atoms with Crippen LogP contribution in [0.5, 0.6) is 11.5 Å². The molecule has 3 heterocycles. The van der Waals surface area contributed by atoms with Gasteiger partial charge in [-0.25, -0.2) is 4.98 Å². The van der Waals surface area contributed by atoms with Gasteiger partial charge in [-0.05, 0) is 131 Å². The van der Waals surface area contributed by atoms with Crippen molar-refractivity contribution in [2.45, 2.75) is 78.6 Å². The van der Waals surface area contributed by atoms with Crippen molar-refractivity contribution in [3.63, 3.8) is 0 Å².